The third-order valence-electron chi connectivity index (χ3n) is 3.92. The molecular formula is C14H26N4. The van der Waals surface area contributed by atoms with Crippen LogP contribution in [0.4, 0.5) is 0 Å². The molecule has 1 atom stereocenters. The number of aromatic nitrogens is 2. The van der Waals surface area contributed by atoms with Crippen LogP contribution in [0.5, 0.6) is 0 Å². The number of hydrogen-bond acceptors (Lipinski definition) is 3. The molecule has 1 aliphatic heterocycles. The average Bonchev–Trinajstić information content (AvgIpc) is 2.59. The molecule has 4 nitrogen and oxygen atoms in total. The van der Waals surface area contributed by atoms with Gasteiger partial charge in [0.2, 0.25) is 0 Å². The van der Waals surface area contributed by atoms with E-state index in [1.165, 1.54) is 37.9 Å². The van der Waals surface area contributed by atoms with Gasteiger partial charge in [0.15, 0.2) is 0 Å². The third-order valence-corrected chi connectivity index (χ3v) is 3.92. The number of nitrogens with two attached hydrogens (primary N) is 1. The van der Waals surface area contributed by atoms with E-state index < -0.39 is 0 Å². The average molecular weight is 250 g/mol. The summed E-state index contributed by atoms with van der Waals surface area (Å²) in [7, 11) is 0. The van der Waals surface area contributed by atoms with Crippen LogP contribution in [0.15, 0.2) is 6.07 Å². The van der Waals surface area contributed by atoms with Gasteiger partial charge in [-0.1, -0.05) is 12.8 Å². The van der Waals surface area contributed by atoms with E-state index in [-0.39, 0.29) is 0 Å². The Morgan fingerprint density at radius 1 is 1.39 bits per heavy atom. The van der Waals surface area contributed by atoms with Crippen molar-refractivity contribution in [2.24, 2.45) is 5.73 Å². The Bertz CT molecular complexity index is 372. The van der Waals surface area contributed by atoms with Crippen molar-refractivity contribution in [2.45, 2.75) is 58.7 Å². The molecule has 0 saturated carbocycles. The molecule has 0 radical (unpaired) electrons. The fourth-order valence-electron chi connectivity index (χ4n) is 2.92. The van der Waals surface area contributed by atoms with Gasteiger partial charge >= 0.3 is 0 Å². The van der Waals surface area contributed by atoms with E-state index in [2.05, 4.69) is 34.6 Å². The summed E-state index contributed by atoms with van der Waals surface area (Å²) >= 11 is 0. The van der Waals surface area contributed by atoms with Crippen molar-refractivity contribution in [3.63, 3.8) is 0 Å². The first-order valence-electron chi connectivity index (χ1n) is 7.22. The van der Waals surface area contributed by atoms with Crippen molar-refractivity contribution in [2.75, 3.05) is 13.1 Å². The van der Waals surface area contributed by atoms with E-state index in [9.17, 15) is 0 Å². The zero-order valence-corrected chi connectivity index (χ0v) is 11.7. The second-order valence-corrected chi connectivity index (χ2v) is 5.30. The molecule has 18 heavy (non-hydrogen) atoms. The molecule has 1 aromatic rings. The summed E-state index contributed by atoms with van der Waals surface area (Å²) in [5, 5.41) is 4.53. The topological polar surface area (TPSA) is 47.1 Å². The lowest BCUT2D eigenvalue weighted by molar-refractivity contribution is 0.190. The number of nitrogens with zero attached hydrogens (tertiary/aromatic N) is 3. The molecule has 2 heterocycles. The third kappa shape index (κ3) is 3.12. The van der Waals surface area contributed by atoms with Crippen LogP contribution >= 0.6 is 0 Å². The molecule has 0 amide bonds. The lowest BCUT2D eigenvalue weighted by Crippen LogP contribution is -2.40. The number of hydrogen-bond donors (Lipinski definition) is 1. The van der Waals surface area contributed by atoms with E-state index in [4.69, 9.17) is 5.73 Å². The van der Waals surface area contributed by atoms with Crippen molar-refractivity contribution < 1.29 is 0 Å². The van der Waals surface area contributed by atoms with Crippen LogP contribution in [-0.2, 0) is 13.1 Å². The van der Waals surface area contributed by atoms with Crippen LogP contribution in [0.1, 0.15) is 44.0 Å². The Balaban J connectivity index is 2.09. The van der Waals surface area contributed by atoms with E-state index in [1.807, 2.05) is 0 Å². The summed E-state index contributed by atoms with van der Waals surface area (Å²) in [5.74, 6) is 0. The summed E-state index contributed by atoms with van der Waals surface area (Å²) in [4.78, 5) is 2.55. The van der Waals surface area contributed by atoms with Gasteiger partial charge in [0.25, 0.3) is 0 Å². The zero-order valence-electron chi connectivity index (χ0n) is 11.7. The normalized spacial score (nSPS) is 22.1. The van der Waals surface area contributed by atoms with E-state index in [0.717, 1.165) is 25.3 Å². The van der Waals surface area contributed by atoms with Crippen LogP contribution in [0.3, 0.4) is 0 Å². The monoisotopic (exact) mass is 250 g/mol. The van der Waals surface area contributed by atoms with Crippen molar-refractivity contribution in [3.05, 3.63) is 17.5 Å². The Morgan fingerprint density at radius 2 is 2.22 bits per heavy atom. The number of rotatable bonds is 4. The van der Waals surface area contributed by atoms with Gasteiger partial charge in [-0.15, -0.1) is 0 Å². The Kier molecular flexibility index (Phi) is 4.78. The zero-order chi connectivity index (χ0) is 13.0. The first-order chi connectivity index (χ1) is 8.74. The molecule has 2 N–H and O–H groups in total. The second kappa shape index (κ2) is 6.34. The predicted octanol–water partition coefficient (Wildman–Crippen LogP) is 1.91. The van der Waals surface area contributed by atoms with Crippen LogP contribution < -0.4 is 5.73 Å². The van der Waals surface area contributed by atoms with Crippen molar-refractivity contribution in [3.8, 4) is 0 Å². The summed E-state index contributed by atoms with van der Waals surface area (Å²) in [6, 6.07) is 2.76. The van der Waals surface area contributed by atoms with Crippen molar-refractivity contribution in [1.29, 1.82) is 0 Å². The molecule has 0 aromatic carbocycles. The lowest BCUT2D eigenvalue weighted by atomic mass is 10.1. The van der Waals surface area contributed by atoms with Gasteiger partial charge in [-0.2, -0.15) is 5.10 Å². The highest BCUT2D eigenvalue weighted by atomic mass is 15.3. The van der Waals surface area contributed by atoms with E-state index in [0.29, 0.717) is 6.04 Å². The van der Waals surface area contributed by atoms with Gasteiger partial charge in [-0.05, 0) is 39.3 Å². The highest BCUT2D eigenvalue weighted by molar-refractivity contribution is 5.09. The number of aryl methyl sites for hydroxylation is 2. The van der Waals surface area contributed by atoms with Crippen LogP contribution in [-0.4, -0.2) is 33.8 Å². The molecule has 0 bridgehead atoms. The largest absolute Gasteiger partial charge is 0.329 e. The highest BCUT2D eigenvalue weighted by Gasteiger charge is 2.21. The summed E-state index contributed by atoms with van der Waals surface area (Å²) in [6.07, 6.45) is 5.22. The summed E-state index contributed by atoms with van der Waals surface area (Å²) < 4.78 is 2.12. The van der Waals surface area contributed by atoms with Crippen molar-refractivity contribution in [1.82, 2.24) is 14.7 Å². The first-order valence-corrected chi connectivity index (χ1v) is 7.22. The molecule has 1 unspecified atom stereocenters. The fourth-order valence-corrected chi connectivity index (χ4v) is 2.92. The molecule has 0 spiro atoms. The Morgan fingerprint density at radius 3 is 2.94 bits per heavy atom. The SMILES string of the molecule is CCn1nc(C)cc1CN1CCCCCC1CN. The standard InChI is InChI=1S/C14H26N4/c1-3-18-14(9-12(2)16-18)11-17-8-6-4-5-7-13(17)10-15/h9,13H,3-8,10-11,15H2,1-2H3. The van der Waals surface area contributed by atoms with E-state index >= 15 is 0 Å². The summed E-state index contributed by atoms with van der Waals surface area (Å²) in [6.45, 7) is 8.12. The van der Waals surface area contributed by atoms with Gasteiger partial charge in [0.05, 0.1) is 11.4 Å². The van der Waals surface area contributed by atoms with Crippen LogP contribution in [0.2, 0.25) is 0 Å². The highest BCUT2D eigenvalue weighted by Crippen LogP contribution is 2.19. The van der Waals surface area contributed by atoms with Crippen molar-refractivity contribution >= 4 is 0 Å². The smallest absolute Gasteiger partial charge is 0.0597 e. The van der Waals surface area contributed by atoms with Gasteiger partial charge in [0, 0.05) is 25.7 Å². The van der Waals surface area contributed by atoms with Crippen LogP contribution in [0, 0.1) is 6.92 Å². The van der Waals surface area contributed by atoms with Gasteiger partial charge in [-0.25, -0.2) is 0 Å². The predicted molar refractivity (Wildman–Crippen MR) is 74.4 cm³/mol. The molecule has 0 aliphatic carbocycles. The lowest BCUT2D eigenvalue weighted by Gasteiger charge is -2.28. The molecule has 1 aromatic heterocycles. The fraction of sp³-hybridized carbons (Fsp3) is 0.786. The minimum Gasteiger partial charge on any atom is -0.329 e. The maximum absolute atomic E-state index is 5.93. The Hall–Kier alpha value is -0.870. The minimum absolute atomic E-state index is 0.549. The van der Waals surface area contributed by atoms with Gasteiger partial charge in [0.1, 0.15) is 0 Å². The molecule has 1 fully saturated rings. The molecule has 102 valence electrons. The molecule has 1 aliphatic rings. The maximum atomic E-state index is 5.93. The molecular weight excluding hydrogens is 224 g/mol. The van der Waals surface area contributed by atoms with Crippen LogP contribution in [0.25, 0.3) is 0 Å². The molecule has 1 saturated heterocycles. The van der Waals surface area contributed by atoms with E-state index in [1.54, 1.807) is 0 Å². The van der Waals surface area contributed by atoms with Gasteiger partial charge < -0.3 is 5.73 Å². The number of likely N-dealkylation sites (tertiary alicyclic amines) is 1. The minimum atomic E-state index is 0.549. The molecule has 4 heteroatoms. The first kappa shape index (κ1) is 13.6. The van der Waals surface area contributed by atoms with Gasteiger partial charge in [-0.3, -0.25) is 9.58 Å². The second-order valence-electron chi connectivity index (χ2n) is 5.30. The maximum Gasteiger partial charge on any atom is 0.0597 e. The Labute approximate surface area is 110 Å². The summed E-state index contributed by atoms with van der Waals surface area (Å²) in [5.41, 5.74) is 8.37. The quantitative estimate of drug-likeness (QED) is 0.888. The molecule has 2 rings (SSSR count).